The molecule has 1 aliphatic carbocycles. The Hall–Kier alpha value is -5.04. The Bertz CT molecular complexity index is 1650. The molecule has 0 bridgehead atoms. The number of nitrogens with one attached hydrogen (secondary N) is 1. The van der Waals surface area contributed by atoms with E-state index in [4.69, 9.17) is 10.5 Å². The fourth-order valence-corrected chi connectivity index (χ4v) is 4.45. The number of carboxylic acid groups (broad SMARTS) is 1. The second-order valence-corrected chi connectivity index (χ2v) is 9.01. The van der Waals surface area contributed by atoms with Crippen LogP contribution in [0.3, 0.4) is 0 Å². The number of amides is 1. The second kappa shape index (κ2) is 12.4. The van der Waals surface area contributed by atoms with Gasteiger partial charge in [-0.1, -0.05) is 24.8 Å². The Kier molecular flexibility index (Phi) is 8.78. The summed E-state index contributed by atoms with van der Waals surface area (Å²) in [5, 5.41) is 16.2. The number of halogens is 2. The summed E-state index contributed by atoms with van der Waals surface area (Å²) >= 11 is 0. The summed E-state index contributed by atoms with van der Waals surface area (Å²) in [5.41, 5.74) is 8.71. The van der Waals surface area contributed by atoms with E-state index in [-0.39, 0.29) is 36.4 Å². The summed E-state index contributed by atoms with van der Waals surface area (Å²) in [7, 11) is 0. The molecule has 0 radical (unpaired) electrons. The van der Waals surface area contributed by atoms with Crippen molar-refractivity contribution in [3.05, 3.63) is 106 Å². The first-order valence-electron chi connectivity index (χ1n) is 12.4. The van der Waals surface area contributed by atoms with Gasteiger partial charge in [0.25, 0.3) is 11.7 Å². The zero-order valence-electron chi connectivity index (χ0n) is 21.9. The summed E-state index contributed by atoms with van der Waals surface area (Å²) in [6, 6.07) is 7.99. The quantitative estimate of drug-likeness (QED) is 0.226. The first kappa shape index (κ1) is 29.0. The predicted molar refractivity (Wildman–Crippen MR) is 142 cm³/mol. The third-order valence-electron chi connectivity index (χ3n) is 6.47. The number of hydrogen-bond donors (Lipinski definition) is 3. The molecule has 0 aliphatic heterocycles. The number of nitrogens with two attached hydrogens (primary N) is 1. The number of esters is 1. The van der Waals surface area contributed by atoms with Crippen molar-refractivity contribution < 1.29 is 33.0 Å². The summed E-state index contributed by atoms with van der Waals surface area (Å²) in [6.45, 7) is 5.76. The number of hydrogen-bond acceptors (Lipinski definition) is 8. The largest absolute Gasteiger partial charge is 0.477 e. The van der Waals surface area contributed by atoms with Crippen molar-refractivity contribution in [2.45, 2.75) is 32.4 Å². The van der Waals surface area contributed by atoms with E-state index in [1.807, 2.05) is 13.0 Å². The molecule has 41 heavy (non-hydrogen) atoms. The highest BCUT2D eigenvalue weighted by Crippen LogP contribution is 2.35. The highest BCUT2D eigenvalue weighted by atomic mass is 19.2. The zero-order valence-corrected chi connectivity index (χ0v) is 21.9. The molecule has 0 unspecified atom stereocenters. The molecule has 2 heterocycles. The number of carboxylic acids is 1. The Balaban J connectivity index is 0.000000328. The minimum absolute atomic E-state index is 0.0229. The third-order valence-corrected chi connectivity index (χ3v) is 6.47. The van der Waals surface area contributed by atoms with Gasteiger partial charge in [-0.15, -0.1) is 0 Å². The Labute approximate surface area is 232 Å². The molecular formula is C28H26F2N6O5. The number of nitrogens with zero attached hydrogens (tertiary/aromatic N) is 4. The molecule has 1 aliphatic rings. The van der Waals surface area contributed by atoms with E-state index in [0.717, 1.165) is 28.8 Å². The molecule has 13 heteroatoms. The van der Waals surface area contributed by atoms with E-state index in [1.54, 1.807) is 6.07 Å². The molecule has 11 nitrogen and oxygen atoms in total. The maximum Gasteiger partial charge on any atom is 0.354 e. The van der Waals surface area contributed by atoms with Gasteiger partial charge in [-0.25, -0.2) is 23.4 Å². The van der Waals surface area contributed by atoms with Crippen molar-refractivity contribution in [3.8, 4) is 0 Å². The van der Waals surface area contributed by atoms with Crippen molar-refractivity contribution in [1.82, 2.24) is 24.9 Å². The lowest BCUT2D eigenvalue weighted by atomic mass is 9.98. The van der Waals surface area contributed by atoms with Crippen molar-refractivity contribution >= 4 is 23.6 Å². The minimum Gasteiger partial charge on any atom is -0.477 e. The van der Waals surface area contributed by atoms with Gasteiger partial charge in [0.05, 0.1) is 11.6 Å². The van der Waals surface area contributed by atoms with E-state index in [0.29, 0.717) is 24.0 Å². The van der Waals surface area contributed by atoms with Crippen LogP contribution >= 0.6 is 0 Å². The fourth-order valence-electron chi connectivity index (χ4n) is 4.45. The number of benzene rings is 2. The van der Waals surface area contributed by atoms with Gasteiger partial charge in [0.2, 0.25) is 0 Å². The lowest BCUT2D eigenvalue weighted by Gasteiger charge is -2.16. The lowest BCUT2D eigenvalue weighted by Crippen LogP contribution is -2.29. The smallest absolute Gasteiger partial charge is 0.354 e. The molecule has 2 aromatic carbocycles. The Morgan fingerprint density at radius 3 is 2.68 bits per heavy atom. The first-order valence-corrected chi connectivity index (χ1v) is 12.4. The fraction of sp³-hybridized carbons (Fsp3) is 0.214. The average molecular weight is 565 g/mol. The molecule has 0 spiro atoms. The number of aromatic carboxylic acids is 1. The van der Waals surface area contributed by atoms with Crippen molar-refractivity contribution in [2.75, 3.05) is 6.61 Å². The zero-order chi connectivity index (χ0) is 29.7. The first-order chi connectivity index (χ1) is 19.6. The van der Waals surface area contributed by atoms with Crippen LogP contribution in [0.4, 0.5) is 8.78 Å². The van der Waals surface area contributed by atoms with Crippen molar-refractivity contribution in [3.63, 3.8) is 0 Å². The van der Waals surface area contributed by atoms with Gasteiger partial charge < -0.3 is 20.9 Å². The molecule has 1 amide bonds. The molecule has 5 rings (SSSR count). The predicted octanol–water partition coefficient (Wildman–Crippen LogP) is 3.31. The van der Waals surface area contributed by atoms with E-state index in [1.165, 1.54) is 29.1 Å². The summed E-state index contributed by atoms with van der Waals surface area (Å²) in [5.74, 6) is -3.84. The maximum atomic E-state index is 13.0. The molecule has 0 fully saturated rings. The van der Waals surface area contributed by atoms with Crippen LogP contribution in [0.5, 0.6) is 0 Å². The maximum absolute atomic E-state index is 13.0. The van der Waals surface area contributed by atoms with Crippen LogP contribution in [0.25, 0.3) is 5.78 Å². The van der Waals surface area contributed by atoms with Gasteiger partial charge in [0.1, 0.15) is 18.6 Å². The van der Waals surface area contributed by atoms with Gasteiger partial charge >= 0.3 is 11.9 Å². The minimum atomic E-state index is -1.27. The molecule has 4 aromatic rings. The van der Waals surface area contributed by atoms with Gasteiger partial charge in [-0.05, 0) is 60.2 Å². The van der Waals surface area contributed by atoms with Crippen LogP contribution in [-0.2, 0) is 17.7 Å². The van der Waals surface area contributed by atoms with E-state index in [9.17, 15) is 28.3 Å². The summed E-state index contributed by atoms with van der Waals surface area (Å²) in [6.07, 6.45) is 4.04. The number of fused-ring (bicyclic) bond motifs is 2. The van der Waals surface area contributed by atoms with Crippen LogP contribution < -0.4 is 11.1 Å². The normalized spacial score (nSPS) is 13.6. The summed E-state index contributed by atoms with van der Waals surface area (Å²) < 4.78 is 30.9. The highest BCUT2D eigenvalue weighted by molar-refractivity contribution is 5.96. The monoisotopic (exact) mass is 564 g/mol. The van der Waals surface area contributed by atoms with E-state index in [2.05, 4.69) is 27.0 Å². The second-order valence-electron chi connectivity index (χ2n) is 9.01. The van der Waals surface area contributed by atoms with Gasteiger partial charge in [-0.3, -0.25) is 4.79 Å². The number of carbonyl (C=O) groups excluding carboxylic acids is 2. The van der Waals surface area contributed by atoms with Gasteiger partial charge in [-0.2, -0.15) is 14.6 Å². The topological polar surface area (TPSA) is 162 Å². The molecule has 4 N–H and O–H groups in total. The number of carbonyl (C=O) groups is 3. The number of rotatable bonds is 7. The third kappa shape index (κ3) is 6.25. The van der Waals surface area contributed by atoms with Crippen molar-refractivity contribution in [2.24, 2.45) is 5.73 Å². The standard InChI is InChI=1S/C21H19N5O5.C7H7F2N/c1-3-8-31-20(30)13-4-5-14-12(11(13)2)6-7-15(14)24-18(27)17-9-16(19(28)29)25-21-22-10-23-26(17)21;8-6-2-1-5(4-10)3-7(6)9/h3-5,9-10,15H,1,6-8H2,2H3,(H,24,27)(H,28,29);1-3H,4,10H2/t15-;/m0./s1. The van der Waals surface area contributed by atoms with Gasteiger partial charge in [0, 0.05) is 12.6 Å². The summed E-state index contributed by atoms with van der Waals surface area (Å²) in [4.78, 5) is 44.3. The van der Waals surface area contributed by atoms with Crippen LogP contribution in [0.1, 0.15) is 66.1 Å². The van der Waals surface area contributed by atoms with Crippen LogP contribution in [-0.4, -0.2) is 49.1 Å². The molecule has 0 saturated heterocycles. The van der Waals surface area contributed by atoms with Crippen LogP contribution in [0.15, 0.2) is 55.4 Å². The van der Waals surface area contributed by atoms with Crippen LogP contribution in [0, 0.1) is 18.6 Å². The number of aromatic nitrogens is 4. The SMILES string of the molecule is C=CCOC(=O)c1ccc2c(c1C)CC[C@@H]2NC(=O)c1cc(C(=O)O)nc2ncnn12.NCc1ccc(F)c(F)c1. The van der Waals surface area contributed by atoms with Crippen molar-refractivity contribution in [1.29, 1.82) is 0 Å². The van der Waals surface area contributed by atoms with Crippen LogP contribution in [0.2, 0.25) is 0 Å². The van der Waals surface area contributed by atoms with E-state index >= 15 is 0 Å². The Morgan fingerprint density at radius 1 is 1.22 bits per heavy atom. The molecular weight excluding hydrogens is 538 g/mol. The lowest BCUT2D eigenvalue weighted by molar-refractivity contribution is 0.0548. The molecule has 1 atom stereocenters. The van der Waals surface area contributed by atoms with E-state index < -0.39 is 29.5 Å². The average Bonchev–Trinajstić information content (AvgIpc) is 3.60. The number of ether oxygens (including phenoxy) is 1. The molecule has 2 aromatic heterocycles. The molecule has 0 saturated carbocycles. The molecule has 212 valence electrons. The Morgan fingerprint density at radius 2 is 2.00 bits per heavy atom. The highest BCUT2D eigenvalue weighted by Gasteiger charge is 2.29. The van der Waals surface area contributed by atoms with Gasteiger partial charge in [0.15, 0.2) is 17.3 Å².